The van der Waals surface area contributed by atoms with Crippen LogP contribution in [0, 0.1) is 0 Å². The van der Waals surface area contributed by atoms with E-state index >= 15 is 0 Å². The highest BCUT2D eigenvalue weighted by molar-refractivity contribution is 6.74. The van der Waals surface area contributed by atoms with Crippen LogP contribution in [0.25, 0.3) is 11.3 Å². The van der Waals surface area contributed by atoms with Crippen LogP contribution in [0.15, 0.2) is 54.9 Å². The Morgan fingerprint density at radius 1 is 1.06 bits per heavy atom. The number of anilines is 3. The van der Waals surface area contributed by atoms with Gasteiger partial charge < -0.3 is 20.0 Å². The Bertz CT molecular complexity index is 1080. The Labute approximate surface area is 211 Å². The van der Waals surface area contributed by atoms with Crippen molar-refractivity contribution in [2.24, 2.45) is 0 Å². The summed E-state index contributed by atoms with van der Waals surface area (Å²) in [4.78, 5) is 15.9. The van der Waals surface area contributed by atoms with Crippen molar-refractivity contribution in [1.29, 1.82) is 0 Å². The minimum atomic E-state index is -1.80. The van der Waals surface area contributed by atoms with Gasteiger partial charge in [0.1, 0.15) is 5.82 Å². The van der Waals surface area contributed by atoms with Crippen molar-refractivity contribution in [3.63, 3.8) is 0 Å². The molecule has 0 aliphatic rings. The number of nitrogens with zero attached hydrogens (tertiary/aromatic N) is 4. The average Bonchev–Trinajstić information content (AvgIpc) is 2.83. The van der Waals surface area contributed by atoms with Crippen LogP contribution in [0.4, 0.5) is 17.5 Å². The predicted molar refractivity (Wildman–Crippen MR) is 149 cm³/mol. The molecule has 3 aromatic rings. The number of aromatic nitrogens is 3. The molecule has 0 saturated carbocycles. The van der Waals surface area contributed by atoms with Gasteiger partial charge in [-0.1, -0.05) is 32.9 Å². The molecular formula is C27H40N6OSi. The zero-order valence-electron chi connectivity index (χ0n) is 22.2. The maximum atomic E-state index is 6.38. The maximum Gasteiger partial charge on any atom is 0.227 e. The number of pyridine rings is 1. The Kier molecular flexibility index (Phi) is 8.99. The Hall–Kier alpha value is -2.81. The van der Waals surface area contributed by atoms with Crippen molar-refractivity contribution in [3.8, 4) is 11.3 Å². The summed E-state index contributed by atoms with van der Waals surface area (Å²) in [7, 11) is 2.24. The third kappa shape index (κ3) is 7.58. The molecule has 2 N–H and O–H groups in total. The molecule has 1 aromatic carbocycles. The van der Waals surface area contributed by atoms with E-state index in [0.29, 0.717) is 12.6 Å². The summed E-state index contributed by atoms with van der Waals surface area (Å²) >= 11 is 0. The Morgan fingerprint density at radius 2 is 1.86 bits per heavy atom. The summed E-state index contributed by atoms with van der Waals surface area (Å²) < 4.78 is 6.38. The first-order valence-corrected chi connectivity index (χ1v) is 15.1. The van der Waals surface area contributed by atoms with E-state index in [0.717, 1.165) is 47.8 Å². The van der Waals surface area contributed by atoms with Crippen LogP contribution in [-0.4, -0.2) is 50.5 Å². The van der Waals surface area contributed by atoms with Gasteiger partial charge in [0.15, 0.2) is 8.32 Å². The lowest BCUT2D eigenvalue weighted by atomic mass is 10.2. The van der Waals surface area contributed by atoms with Gasteiger partial charge in [-0.15, -0.1) is 0 Å². The third-order valence-corrected chi connectivity index (χ3v) is 11.1. The number of nitrogens with one attached hydrogen (secondary N) is 2. The van der Waals surface area contributed by atoms with E-state index in [1.54, 1.807) is 6.20 Å². The van der Waals surface area contributed by atoms with Crippen LogP contribution >= 0.6 is 0 Å². The first-order valence-electron chi connectivity index (χ1n) is 12.2. The monoisotopic (exact) mass is 492 g/mol. The summed E-state index contributed by atoms with van der Waals surface area (Å²) in [6.45, 7) is 13.9. The molecule has 0 aliphatic heterocycles. The van der Waals surface area contributed by atoms with Gasteiger partial charge in [-0.2, -0.15) is 0 Å². The molecule has 0 atom stereocenters. The molecule has 7 nitrogen and oxygen atoms in total. The summed E-state index contributed by atoms with van der Waals surface area (Å²) in [6.07, 6.45) is 4.71. The Morgan fingerprint density at radius 3 is 2.54 bits per heavy atom. The molecule has 35 heavy (non-hydrogen) atoms. The topological polar surface area (TPSA) is 75.2 Å². The molecule has 0 unspecified atom stereocenters. The van der Waals surface area contributed by atoms with Crippen molar-refractivity contribution >= 4 is 25.8 Å². The van der Waals surface area contributed by atoms with E-state index < -0.39 is 8.32 Å². The fraction of sp³-hybridized carbons (Fsp3) is 0.444. The van der Waals surface area contributed by atoms with Gasteiger partial charge in [0, 0.05) is 37.2 Å². The van der Waals surface area contributed by atoms with Gasteiger partial charge >= 0.3 is 0 Å². The fourth-order valence-corrected chi connectivity index (χ4v) is 4.26. The maximum absolute atomic E-state index is 6.38. The van der Waals surface area contributed by atoms with Gasteiger partial charge in [0.2, 0.25) is 5.95 Å². The molecular weight excluding hydrogens is 452 g/mol. The zero-order chi connectivity index (χ0) is 25.5. The highest BCUT2D eigenvalue weighted by atomic mass is 28.4. The standard InChI is InChI=1S/C27H40N6OSi/c1-27(2,3)35(6,7)34-20-21-10-8-11-23(18-21)31-26-29-16-14-24(32-26)22-12-13-25(30-19-22)33(5)17-9-15-28-4/h8,10-14,16,18-19,28H,9,15,17,20H2,1-7H3,(H,29,31,32). The molecule has 0 aliphatic carbocycles. The predicted octanol–water partition coefficient (Wildman–Crippen LogP) is 5.85. The average molecular weight is 493 g/mol. The molecule has 8 heteroatoms. The van der Waals surface area contributed by atoms with Crippen molar-refractivity contribution in [2.75, 3.05) is 37.4 Å². The van der Waals surface area contributed by atoms with Crippen molar-refractivity contribution in [1.82, 2.24) is 20.3 Å². The molecule has 0 radical (unpaired) electrons. The quantitative estimate of drug-likeness (QED) is 0.257. The lowest BCUT2D eigenvalue weighted by molar-refractivity contribution is 0.276. The smallest absolute Gasteiger partial charge is 0.227 e. The van der Waals surface area contributed by atoms with Crippen LogP contribution in [-0.2, 0) is 11.0 Å². The molecule has 0 saturated heterocycles. The highest BCUT2D eigenvalue weighted by Crippen LogP contribution is 2.37. The molecule has 2 heterocycles. The van der Waals surface area contributed by atoms with Crippen LogP contribution in [0.3, 0.4) is 0 Å². The number of rotatable bonds is 11. The minimum absolute atomic E-state index is 0.187. The van der Waals surface area contributed by atoms with Crippen LogP contribution < -0.4 is 15.5 Å². The summed E-state index contributed by atoms with van der Waals surface area (Å²) in [5.41, 5.74) is 3.86. The van der Waals surface area contributed by atoms with Crippen molar-refractivity contribution in [2.45, 2.75) is 51.9 Å². The molecule has 0 bridgehead atoms. The van der Waals surface area contributed by atoms with Gasteiger partial charge in [-0.05, 0) is 74.0 Å². The van der Waals surface area contributed by atoms with Crippen molar-refractivity contribution < 1.29 is 4.43 Å². The number of benzene rings is 1. The van der Waals surface area contributed by atoms with Gasteiger partial charge in [-0.25, -0.2) is 15.0 Å². The van der Waals surface area contributed by atoms with Gasteiger partial charge in [-0.3, -0.25) is 0 Å². The minimum Gasteiger partial charge on any atom is -0.413 e. The number of hydrogen-bond donors (Lipinski definition) is 2. The summed E-state index contributed by atoms with van der Waals surface area (Å²) in [5, 5.41) is 6.70. The molecule has 2 aromatic heterocycles. The zero-order valence-corrected chi connectivity index (χ0v) is 23.2. The van der Waals surface area contributed by atoms with E-state index in [1.807, 2.05) is 37.5 Å². The lowest BCUT2D eigenvalue weighted by Gasteiger charge is -2.36. The molecule has 0 spiro atoms. The summed E-state index contributed by atoms with van der Waals surface area (Å²) in [5.74, 6) is 1.51. The van der Waals surface area contributed by atoms with E-state index in [1.165, 1.54) is 0 Å². The largest absolute Gasteiger partial charge is 0.413 e. The fourth-order valence-electron chi connectivity index (χ4n) is 3.30. The van der Waals surface area contributed by atoms with Gasteiger partial charge in [0.05, 0.1) is 12.3 Å². The highest BCUT2D eigenvalue weighted by Gasteiger charge is 2.37. The van der Waals surface area contributed by atoms with E-state index in [9.17, 15) is 0 Å². The SMILES string of the molecule is CNCCCN(C)c1ccc(-c2ccnc(Nc3cccc(CO[Si](C)(C)C(C)(C)C)c3)n2)cn1. The normalized spacial score (nSPS) is 12.0. The molecule has 3 rings (SSSR count). The van der Waals surface area contributed by atoms with E-state index in [2.05, 4.69) is 84.6 Å². The van der Waals surface area contributed by atoms with Gasteiger partial charge in [0.25, 0.3) is 0 Å². The van der Waals surface area contributed by atoms with E-state index in [4.69, 9.17) is 9.41 Å². The Balaban J connectivity index is 1.66. The second-order valence-electron chi connectivity index (χ2n) is 10.4. The van der Waals surface area contributed by atoms with Crippen LogP contribution in [0.5, 0.6) is 0 Å². The number of hydrogen-bond acceptors (Lipinski definition) is 7. The first-order chi connectivity index (χ1) is 16.6. The first kappa shape index (κ1) is 26.8. The molecule has 0 amide bonds. The molecule has 188 valence electrons. The molecule has 0 fully saturated rings. The second-order valence-corrected chi connectivity index (χ2v) is 15.2. The third-order valence-electron chi connectivity index (χ3n) is 6.60. The van der Waals surface area contributed by atoms with E-state index in [-0.39, 0.29) is 5.04 Å². The van der Waals surface area contributed by atoms with Crippen LogP contribution in [0.1, 0.15) is 32.8 Å². The van der Waals surface area contributed by atoms with Crippen molar-refractivity contribution in [3.05, 3.63) is 60.4 Å². The lowest BCUT2D eigenvalue weighted by Crippen LogP contribution is -2.40. The summed E-state index contributed by atoms with van der Waals surface area (Å²) in [6, 6.07) is 14.2. The second kappa shape index (κ2) is 11.7. The van der Waals surface area contributed by atoms with Crippen LogP contribution in [0.2, 0.25) is 18.1 Å².